The zero-order valence-corrected chi connectivity index (χ0v) is 16.2. The van der Waals surface area contributed by atoms with E-state index < -0.39 is 0 Å². The monoisotopic (exact) mass is 359 g/mol. The van der Waals surface area contributed by atoms with Crippen molar-refractivity contribution in [1.82, 2.24) is 10.2 Å². The fourth-order valence-corrected chi connectivity index (χ4v) is 4.18. The summed E-state index contributed by atoms with van der Waals surface area (Å²) in [5.41, 5.74) is 1.14. The summed E-state index contributed by atoms with van der Waals surface area (Å²) in [4.78, 5) is 17.1. The molecule has 2 heterocycles. The van der Waals surface area contributed by atoms with Crippen LogP contribution in [-0.2, 0) is 4.79 Å². The highest BCUT2D eigenvalue weighted by atomic mass is 16.5. The largest absolute Gasteiger partial charge is 0.492 e. The summed E-state index contributed by atoms with van der Waals surface area (Å²) in [6.07, 6.45) is 3.10. The van der Waals surface area contributed by atoms with Crippen LogP contribution >= 0.6 is 0 Å². The molecule has 1 aromatic carbocycles. The first-order valence-electron chi connectivity index (χ1n) is 10.1. The normalized spacial score (nSPS) is 20.1. The summed E-state index contributed by atoms with van der Waals surface area (Å²) in [5.74, 6) is 2.45. The molecule has 144 valence electrons. The van der Waals surface area contributed by atoms with Gasteiger partial charge in [0.1, 0.15) is 5.75 Å². The Morgan fingerprint density at radius 1 is 1.19 bits per heavy atom. The number of para-hydroxylation sites is 2. The molecule has 0 aromatic heterocycles. The number of hydrogen-bond donors (Lipinski definition) is 1. The lowest BCUT2D eigenvalue weighted by Crippen LogP contribution is -2.49. The fourth-order valence-electron chi connectivity index (χ4n) is 4.18. The van der Waals surface area contributed by atoms with Gasteiger partial charge in [-0.2, -0.15) is 0 Å². The standard InChI is InChI=1S/C21H33N3O2/c1-3-26-20-7-5-4-6-19(20)23-12-14-24(15-13-23)21(25)16-17(2)18-8-10-22-11-9-18/h4-7,17-18,22H,3,8-16H2,1-2H3. The van der Waals surface area contributed by atoms with Gasteiger partial charge in [-0.3, -0.25) is 4.79 Å². The lowest BCUT2D eigenvalue weighted by atomic mass is 9.84. The van der Waals surface area contributed by atoms with Crippen molar-refractivity contribution in [3.05, 3.63) is 24.3 Å². The van der Waals surface area contributed by atoms with E-state index in [0.29, 0.717) is 30.8 Å². The van der Waals surface area contributed by atoms with Gasteiger partial charge in [0.2, 0.25) is 5.91 Å². The number of piperazine rings is 1. The SMILES string of the molecule is CCOc1ccccc1N1CCN(C(=O)CC(C)C2CCNCC2)CC1. The van der Waals surface area contributed by atoms with E-state index in [-0.39, 0.29) is 0 Å². The van der Waals surface area contributed by atoms with E-state index in [2.05, 4.69) is 34.2 Å². The van der Waals surface area contributed by atoms with Gasteiger partial charge in [-0.15, -0.1) is 0 Å². The van der Waals surface area contributed by atoms with Crippen LogP contribution in [0.3, 0.4) is 0 Å². The molecule has 1 atom stereocenters. The third kappa shape index (κ3) is 4.70. The molecule has 1 N–H and O–H groups in total. The van der Waals surface area contributed by atoms with Crippen molar-refractivity contribution in [2.24, 2.45) is 11.8 Å². The van der Waals surface area contributed by atoms with Crippen LogP contribution in [0.4, 0.5) is 5.69 Å². The summed E-state index contributed by atoms with van der Waals surface area (Å²) in [6.45, 7) is 10.5. The number of benzene rings is 1. The van der Waals surface area contributed by atoms with Gasteiger partial charge >= 0.3 is 0 Å². The lowest BCUT2D eigenvalue weighted by Gasteiger charge is -2.37. The summed E-state index contributed by atoms with van der Waals surface area (Å²) >= 11 is 0. The molecule has 0 aliphatic carbocycles. The number of anilines is 1. The van der Waals surface area contributed by atoms with E-state index in [1.165, 1.54) is 12.8 Å². The molecule has 1 unspecified atom stereocenters. The van der Waals surface area contributed by atoms with Crippen LogP contribution in [0.1, 0.15) is 33.1 Å². The Balaban J connectivity index is 1.51. The Hall–Kier alpha value is -1.75. The maximum atomic E-state index is 12.7. The number of carbonyl (C=O) groups excluding carboxylic acids is 1. The molecule has 1 aromatic rings. The molecule has 0 saturated carbocycles. The first-order chi connectivity index (χ1) is 12.7. The topological polar surface area (TPSA) is 44.8 Å². The summed E-state index contributed by atoms with van der Waals surface area (Å²) in [7, 11) is 0. The van der Waals surface area contributed by atoms with Crippen LogP contribution < -0.4 is 15.0 Å². The minimum absolute atomic E-state index is 0.328. The Morgan fingerprint density at radius 3 is 2.58 bits per heavy atom. The van der Waals surface area contributed by atoms with Crippen molar-refractivity contribution in [3.8, 4) is 5.75 Å². The maximum absolute atomic E-state index is 12.7. The van der Waals surface area contributed by atoms with Crippen LogP contribution in [0.25, 0.3) is 0 Å². The average Bonchev–Trinajstić information content (AvgIpc) is 2.69. The molecule has 1 amide bonds. The second kappa shape index (κ2) is 9.26. The third-order valence-corrected chi connectivity index (χ3v) is 5.82. The van der Waals surface area contributed by atoms with Gasteiger partial charge < -0.3 is 19.9 Å². The average molecular weight is 360 g/mol. The number of ether oxygens (including phenoxy) is 1. The van der Waals surface area contributed by atoms with E-state index in [0.717, 1.165) is 50.7 Å². The van der Waals surface area contributed by atoms with Crippen LogP contribution in [0.2, 0.25) is 0 Å². The van der Waals surface area contributed by atoms with Gasteiger partial charge in [-0.1, -0.05) is 19.1 Å². The van der Waals surface area contributed by atoms with E-state index in [4.69, 9.17) is 4.74 Å². The Labute approximate surface area is 157 Å². The second-order valence-corrected chi connectivity index (χ2v) is 7.54. The fraction of sp³-hybridized carbons (Fsp3) is 0.667. The molecule has 2 saturated heterocycles. The maximum Gasteiger partial charge on any atom is 0.222 e. The minimum atomic E-state index is 0.328. The predicted molar refractivity (Wildman–Crippen MR) is 106 cm³/mol. The quantitative estimate of drug-likeness (QED) is 0.848. The van der Waals surface area contributed by atoms with Crippen molar-refractivity contribution in [3.63, 3.8) is 0 Å². The number of piperidine rings is 1. The van der Waals surface area contributed by atoms with Crippen molar-refractivity contribution < 1.29 is 9.53 Å². The second-order valence-electron chi connectivity index (χ2n) is 7.54. The molecule has 0 bridgehead atoms. The van der Waals surface area contributed by atoms with E-state index in [1.54, 1.807) is 0 Å². The molecule has 5 nitrogen and oxygen atoms in total. The number of carbonyl (C=O) groups is 1. The van der Waals surface area contributed by atoms with Crippen LogP contribution in [0, 0.1) is 11.8 Å². The van der Waals surface area contributed by atoms with Crippen LogP contribution in [-0.4, -0.2) is 56.7 Å². The van der Waals surface area contributed by atoms with Crippen molar-refractivity contribution in [2.45, 2.75) is 33.1 Å². The molecule has 2 aliphatic rings. The van der Waals surface area contributed by atoms with Crippen LogP contribution in [0.15, 0.2) is 24.3 Å². The molecule has 3 rings (SSSR count). The smallest absolute Gasteiger partial charge is 0.222 e. The summed E-state index contributed by atoms with van der Waals surface area (Å²) in [5, 5.41) is 3.41. The lowest BCUT2D eigenvalue weighted by molar-refractivity contribution is -0.132. The van der Waals surface area contributed by atoms with Gasteiger partial charge in [0.05, 0.1) is 12.3 Å². The van der Waals surface area contributed by atoms with E-state index in [9.17, 15) is 4.79 Å². The molecular formula is C21H33N3O2. The van der Waals surface area contributed by atoms with Gasteiger partial charge in [0, 0.05) is 32.6 Å². The predicted octanol–water partition coefficient (Wildman–Crippen LogP) is 2.76. The minimum Gasteiger partial charge on any atom is -0.492 e. The molecular weight excluding hydrogens is 326 g/mol. The number of hydrogen-bond acceptors (Lipinski definition) is 4. The van der Waals surface area contributed by atoms with Crippen LogP contribution in [0.5, 0.6) is 5.75 Å². The summed E-state index contributed by atoms with van der Waals surface area (Å²) in [6, 6.07) is 8.20. The molecule has 5 heteroatoms. The first kappa shape index (κ1) is 19.0. The highest BCUT2D eigenvalue weighted by Gasteiger charge is 2.27. The van der Waals surface area contributed by atoms with Crippen molar-refractivity contribution in [1.29, 1.82) is 0 Å². The van der Waals surface area contributed by atoms with Crippen molar-refractivity contribution >= 4 is 11.6 Å². The third-order valence-electron chi connectivity index (χ3n) is 5.82. The zero-order valence-electron chi connectivity index (χ0n) is 16.2. The molecule has 0 spiro atoms. The highest BCUT2D eigenvalue weighted by Crippen LogP contribution is 2.29. The zero-order chi connectivity index (χ0) is 18.4. The number of amides is 1. The van der Waals surface area contributed by atoms with E-state index in [1.807, 2.05) is 19.1 Å². The van der Waals surface area contributed by atoms with Gasteiger partial charge in [-0.05, 0) is 56.8 Å². The van der Waals surface area contributed by atoms with Gasteiger partial charge in [0.15, 0.2) is 0 Å². The number of rotatable bonds is 6. The Morgan fingerprint density at radius 2 is 1.88 bits per heavy atom. The Bertz CT molecular complexity index is 578. The summed E-state index contributed by atoms with van der Waals surface area (Å²) < 4.78 is 5.76. The van der Waals surface area contributed by atoms with Gasteiger partial charge in [-0.25, -0.2) is 0 Å². The number of nitrogens with zero attached hydrogens (tertiary/aromatic N) is 2. The van der Waals surface area contributed by atoms with Crippen molar-refractivity contribution in [2.75, 3.05) is 50.8 Å². The Kier molecular flexibility index (Phi) is 6.78. The highest BCUT2D eigenvalue weighted by molar-refractivity contribution is 5.77. The molecule has 0 radical (unpaired) electrons. The molecule has 2 fully saturated rings. The van der Waals surface area contributed by atoms with Gasteiger partial charge in [0.25, 0.3) is 0 Å². The first-order valence-corrected chi connectivity index (χ1v) is 10.1. The number of nitrogens with one attached hydrogen (secondary N) is 1. The molecule has 26 heavy (non-hydrogen) atoms. The molecule has 2 aliphatic heterocycles. The van der Waals surface area contributed by atoms with E-state index >= 15 is 0 Å².